The molecule has 0 spiro atoms. The zero-order valence-electron chi connectivity index (χ0n) is 23.8. The first-order valence-electron chi connectivity index (χ1n) is 12.6. The van der Waals surface area contributed by atoms with Gasteiger partial charge in [0, 0.05) is 13.3 Å². The number of alkyl carbamates (subject to hydrolysis) is 1. The van der Waals surface area contributed by atoms with Gasteiger partial charge in [-0.05, 0) is 51.1 Å². The van der Waals surface area contributed by atoms with Gasteiger partial charge in [-0.15, -0.1) is 0 Å². The Balaban J connectivity index is 2.06. The van der Waals surface area contributed by atoms with Crippen molar-refractivity contribution in [1.82, 2.24) is 10.7 Å². The van der Waals surface area contributed by atoms with E-state index in [1.165, 1.54) is 37.3 Å². The Labute approximate surface area is 245 Å². The predicted molar refractivity (Wildman–Crippen MR) is 141 cm³/mol. The number of rotatable bonds is 14. The number of amides is 1. The molecule has 0 atom stereocenters. The monoisotopic (exact) mass is 608 g/mol. The number of hydrogen-bond donors (Lipinski definition) is 3. The van der Waals surface area contributed by atoms with Gasteiger partial charge in [0.1, 0.15) is 23.5 Å². The van der Waals surface area contributed by atoms with Crippen molar-refractivity contribution in [3.05, 3.63) is 53.6 Å². The van der Waals surface area contributed by atoms with Crippen molar-refractivity contribution in [2.75, 3.05) is 26.6 Å². The van der Waals surface area contributed by atoms with Crippen molar-refractivity contribution in [3.8, 4) is 17.2 Å². The topological polar surface area (TPSA) is 206 Å². The number of hydrogen-bond acceptors (Lipinski definition) is 15. The number of carbonyl (C=O) groups is 5. The Morgan fingerprint density at radius 1 is 0.860 bits per heavy atom. The third-order valence-corrected chi connectivity index (χ3v) is 4.67. The lowest BCUT2D eigenvalue weighted by Crippen LogP contribution is -2.36. The number of nitrogens with zero attached hydrogens (tertiary/aromatic N) is 1. The molecule has 0 saturated heterocycles. The highest BCUT2D eigenvalue weighted by Crippen LogP contribution is 2.29. The molecule has 0 radical (unpaired) electrons. The van der Waals surface area contributed by atoms with Crippen LogP contribution in [0.25, 0.3) is 0 Å². The molecule has 16 heteroatoms. The quantitative estimate of drug-likeness (QED) is 0.0927. The molecule has 2 aromatic carbocycles. The second-order valence-electron chi connectivity index (χ2n) is 9.35. The van der Waals surface area contributed by atoms with Crippen LogP contribution >= 0.6 is 0 Å². The number of benzene rings is 2. The molecule has 1 amide bonds. The summed E-state index contributed by atoms with van der Waals surface area (Å²) in [5.41, 5.74) is -0.983. The molecular weight excluding hydrogens is 576 g/mol. The number of ether oxygens (including phenoxy) is 6. The Bertz CT molecular complexity index is 1290. The third-order valence-electron chi connectivity index (χ3n) is 4.67. The number of carbonyl (C=O) groups excluding carboxylic acids is 5. The number of nitrogens with one attached hydrogen (secondary N) is 1. The second-order valence-corrected chi connectivity index (χ2v) is 9.35. The zero-order valence-corrected chi connectivity index (χ0v) is 23.8. The molecule has 0 unspecified atom stereocenters. The van der Waals surface area contributed by atoms with E-state index in [0.29, 0.717) is 0 Å². The molecule has 0 aromatic heterocycles. The average molecular weight is 609 g/mol. The Morgan fingerprint density at radius 3 is 2.23 bits per heavy atom. The van der Waals surface area contributed by atoms with Gasteiger partial charge in [0.25, 0.3) is 0 Å². The van der Waals surface area contributed by atoms with Crippen LogP contribution in [-0.2, 0) is 28.6 Å². The van der Waals surface area contributed by atoms with Crippen molar-refractivity contribution in [1.29, 1.82) is 0 Å². The standard InChI is InChI=1S/C27H32N2O14/c1-17(30)41-20-9-6-5-8-19(20)25(33)39-16-38-24(32)18-10-11-21(37-12-7-13-40-29(35)36)22(14-18)42-23(31)15-28-26(34)43-27(2,3)4/h5-6,8-11,14,35-36H,7,12-13,15-16H2,1-4H3,(H,28,34). The van der Waals surface area contributed by atoms with Crippen LogP contribution in [0.1, 0.15) is 54.8 Å². The van der Waals surface area contributed by atoms with Gasteiger partial charge in [0.15, 0.2) is 11.5 Å². The molecule has 0 heterocycles. The van der Waals surface area contributed by atoms with Crippen LogP contribution in [0, 0.1) is 0 Å². The third kappa shape index (κ3) is 13.2. The second kappa shape index (κ2) is 16.6. The summed E-state index contributed by atoms with van der Waals surface area (Å²) in [4.78, 5) is 65.0. The minimum atomic E-state index is -0.962. The van der Waals surface area contributed by atoms with Crippen LogP contribution in [0.15, 0.2) is 42.5 Å². The van der Waals surface area contributed by atoms with Gasteiger partial charge in [-0.2, -0.15) is 0 Å². The van der Waals surface area contributed by atoms with Crippen molar-refractivity contribution in [2.24, 2.45) is 0 Å². The zero-order chi connectivity index (χ0) is 32.0. The molecule has 16 nitrogen and oxygen atoms in total. The fraction of sp³-hybridized carbons (Fsp3) is 0.370. The van der Waals surface area contributed by atoms with Crippen molar-refractivity contribution >= 4 is 30.0 Å². The molecule has 0 aliphatic carbocycles. The van der Waals surface area contributed by atoms with E-state index in [-0.39, 0.29) is 48.0 Å². The van der Waals surface area contributed by atoms with E-state index < -0.39 is 54.3 Å². The average Bonchev–Trinajstić information content (AvgIpc) is 2.91. The lowest BCUT2D eigenvalue weighted by Gasteiger charge is -2.19. The van der Waals surface area contributed by atoms with Gasteiger partial charge >= 0.3 is 30.0 Å². The predicted octanol–water partition coefficient (Wildman–Crippen LogP) is 2.79. The molecule has 0 bridgehead atoms. The molecule has 0 fully saturated rings. The Morgan fingerprint density at radius 2 is 1.56 bits per heavy atom. The van der Waals surface area contributed by atoms with Crippen LogP contribution in [0.3, 0.4) is 0 Å². The van der Waals surface area contributed by atoms with Gasteiger partial charge in [0.05, 0.1) is 24.2 Å². The van der Waals surface area contributed by atoms with Gasteiger partial charge in [-0.25, -0.2) is 19.2 Å². The first-order valence-corrected chi connectivity index (χ1v) is 12.6. The minimum absolute atomic E-state index is 0.0144. The lowest BCUT2D eigenvalue weighted by atomic mass is 10.2. The molecule has 0 aliphatic rings. The van der Waals surface area contributed by atoms with Crippen LogP contribution in [0.5, 0.6) is 17.2 Å². The highest BCUT2D eigenvalue weighted by molar-refractivity contribution is 5.94. The maximum Gasteiger partial charge on any atom is 0.408 e. The van der Waals surface area contributed by atoms with Crippen molar-refractivity contribution < 1.29 is 67.6 Å². The first kappa shape index (κ1) is 34.4. The fourth-order valence-corrected chi connectivity index (χ4v) is 3.02. The van der Waals surface area contributed by atoms with E-state index in [0.717, 1.165) is 6.07 Å². The maximum atomic E-state index is 12.6. The molecule has 2 aromatic rings. The minimum Gasteiger partial charge on any atom is -0.490 e. The first-order chi connectivity index (χ1) is 20.2. The van der Waals surface area contributed by atoms with E-state index in [9.17, 15) is 24.0 Å². The van der Waals surface area contributed by atoms with E-state index in [4.69, 9.17) is 38.8 Å². The SMILES string of the molecule is CC(=O)Oc1ccccc1C(=O)OCOC(=O)c1ccc(OCCCON(O)O)c(OC(=O)CNC(=O)OC(C)(C)C)c1. The van der Waals surface area contributed by atoms with Gasteiger partial charge in [0.2, 0.25) is 6.79 Å². The number of esters is 4. The fourth-order valence-electron chi connectivity index (χ4n) is 3.02. The lowest BCUT2D eigenvalue weighted by molar-refractivity contribution is -0.492. The van der Waals surface area contributed by atoms with E-state index in [2.05, 4.69) is 10.2 Å². The van der Waals surface area contributed by atoms with Crippen LogP contribution < -0.4 is 19.5 Å². The molecule has 234 valence electrons. The highest BCUT2D eigenvalue weighted by Gasteiger charge is 2.20. The summed E-state index contributed by atoms with van der Waals surface area (Å²) in [6.45, 7) is 4.57. The van der Waals surface area contributed by atoms with Crippen molar-refractivity contribution in [2.45, 2.75) is 39.7 Å². The summed E-state index contributed by atoms with van der Waals surface area (Å²) in [6, 6.07) is 9.52. The Kier molecular flexibility index (Phi) is 13.3. The summed E-state index contributed by atoms with van der Waals surface area (Å²) < 4.78 is 30.8. The normalized spacial score (nSPS) is 10.9. The van der Waals surface area contributed by atoms with Crippen LogP contribution in [0.4, 0.5) is 4.79 Å². The molecule has 0 aliphatic heterocycles. The summed E-state index contributed by atoms with van der Waals surface area (Å²) in [7, 11) is 0. The summed E-state index contributed by atoms with van der Waals surface area (Å²) >= 11 is 0. The largest absolute Gasteiger partial charge is 0.490 e. The number of para-hydroxylation sites is 1. The van der Waals surface area contributed by atoms with Crippen molar-refractivity contribution in [3.63, 3.8) is 0 Å². The van der Waals surface area contributed by atoms with E-state index >= 15 is 0 Å². The van der Waals surface area contributed by atoms with E-state index in [1.807, 2.05) is 0 Å². The summed E-state index contributed by atoms with van der Waals surface area (Å²) in [6.07, 6.45) is -0.675. The summed E-state index contributed by atoms with van der Waals surface area (Å²) in [5, 5.41) is 18.9. The smallest absolute Gasteiger partial charge is 0.408 e. The van der Waals surface area contributed by atoms with Gasteiger partial charge in [-0.3, -0.25) is 20.0 Å². The Hall–Kier alpha value is -4.77. The summed E-state index contributed by atoms with van der Waals surface area (Å²) in [5.74, 6) is -3.70. The van der Waals surface area contributed by atoms with Crippen LogP contribution in [0.2, 0.25) is 0 Å². The molecular formula is C27H32N2O14. The van der Waals surface area contributed by atoms with Crippen LogP contribution in [-0.4, -0.2) is 77.9 Å². The maximum absolute atomic E-state index is 12.6. The highest BCUT2D eigenvalue weighted by atomic mass is 17.1. The molecule has 43 heavy (non-hydrogen) atoms. The molecule has 0 saturated carbocycles. The molecule has 3 N–H and O–H groups in total. The van der Waals surface area contributed by atoms with Gasteiger partial charge in [-0.1, -0.05) is 12.1 Å². The molecule has 2 rings (SSSR count). The van der Waals surface area contributed by atoms with Gasteiger partial charge < -0.3 is 33.7 Å². The van der Waals surface area contributed by atoms with E-state index in [1.54, 1.807) is 26.8 Å².